The zero-order valence-electron chi connectivity index (χ0n) is 17.4. The van der Waals surface area contributed by atoms with E-state index in [0.29, 0.717) is 30.6 Å². The van der Waals surface area contributed by atoms with E-state index in [4.69, 9.17) is 4.74 Å². The third-order valence-electron chi connectivity index (χ3n) is 6.31. The molecule has 2 atom stereocenters. The summed E-state index contributed by atoms with van der Waals surface area (Å²) in [6.07, 6.45) is 6.58. The van der Waals surface area contributed by atoms with E-state index in [2.05, 4.69) is 4.84 Å². The van der Waals surface area contributed by atoms with Gasteiger partial charge in [-0.15, -0.1) is 10.1 Å². The molecule has 2 aliphatic rings. The summed E-state index contributed by atoms with van der Waals surface area (Å²) in [4.78, 5) is 25.9. The molecule has 0 amide bonds. The van der Waals surface area contributed by atoms with Crippen molar-refractivity contribution < 1.29 is 29.7 Å². The first-order valence-electron chi connectivity index (χ1n) is 10.4. The summed E-state index contributed by atoms with van der Waals surface area (Å²) in [5.74, 6) is -0.677. The number of carboxylic acids is 1. The van der Waals surface area contributed by atoms with Crippen molar-refractivity contribution in [3.63, 3.8) is 0 Å². The zero-order valence-corrected chi connectivity index (χ0v) is 17.4. The van der Waals surface area contributed by atoms with Crippen molar-refractivity contribution in [2.45, 2.75) is 75.9 Å². The summed E-state index contributed by atoms with van der Waals surface area (Å²) >= 11 is 0. The fourth-order valence-corrected chi connectivity index (χ4v) is 4.47. The maximum Gasteiger partial charge on any atom is 0.331 e. The van der Waals surface area contributed by atoms with Crippen LogP contribution in [0, 0.1) is 10.1 Å². The minimum absolute atomic E-state index is 0.130. The summed E-state index contributed by atoms with van der Waals surface area (Å²) in [7, 11) is 0. The van der Waals surface area contributed by atoms with Crippen molar-refractivity contribution >= 4 is 5.97 Å². The molecular weight excluding hydrogens is 390 g/mol. The maximum atomic E-state index is 11.5. The summed E-state index contributed by atoms with van der Waals surface area (Å²) in [5, 5.41) is 30.2. The van der Waals surface area contributed by atoms with Gasteiger partial charge in [0.25, 0.3) is 5.09 Å². The van der Waals surface area contributed by atoms with Crippen molar-refractivity contribution in [3.05, 3.63) is 51.1 Å². The van der Waals surface area contributed by atoms with E-state index in [-0.39, 0.29) is 6.61 Å². The van der Waals surface area contributed by atoms with Gasteiger partial charge in [-0.05, 0) is 57.6 Å². The number of aryl methyl sites for hydroxylation is 1. The topological polar surface area (TPSA) is 119 Å². The molecule has 3 rings (SSSR count). The average Bonchev–Trinajstić information content (AvgIpc) is 2.66. The molecule has 0 aromatic heterocycles. The van der Waals surface area contributed by atoms with E-state index in [9.17, 15) is 25.1 Å². The number of hydrogen-bond donors (Lipinski definition) is 2. The average molecular weight is 419 g/mol. The van der Waals surface area contributed by atoms with E-state index in [1.807, 2.05) is 32.0 Å². The Hall–Kier alpha value is -2.61. The predicted octanol–water partition coefficient (Wildman–Crippen LogP) is 3.79. The summed E-state index contributed by atoms with van der Waals surface area (Å²) in [5.41, 5.74) is 0.247. The fraction of sp³-hybridized carbons (Fsp3) is 0.591. The fourth-order valence-electron chi connectivity index (χ4n) is 4.47. The Morgan fingerprint density at radius 2 is 2.03 bits per heavy atom. The highest BCUT2D eigenvalue weighted by atomic mass is 16.9. The van der Waals surface area contributed by atoms with Gasteiger partial charge in [-0.1, -0.05) is 31.1 Å². The van der Waals surface area contributed by atoms with Crippen LogP contribution in [0.1, 0.15) is 69.4 Å². The van der Waals surface area contributed by atoms with Crippen LogP contribution in [0.5, 0.6) is 5.75 Å². The van der Waals surface area contributed by atoms with Gasteiger partial charge < -0.3 is 19.8 Å². The maximum absolute atomic E-state index is 11.5. The van der Waals surface area contributed by atoms with Crippen molar-refractivity contribution in [3.8, 4) is 5.75 Å². The van der Waals surface area contributed by atoms with Gasteiger partial charge in [0, 0.05) is 17.1 Å². The number of ether oxygens (including phenoxy) is 1. The second-order valence-electron chi connectivity index (χ2n) is 8.60. The second kappa shape index (κ2) is 8.63. The van der Waals surface area contributed by atoms with Gasteiger partial charge in [-0.3, -0.25) is 0 Å². The molecule has 8 heteroatoms. The number of aliphatic hydroxyl groups is 1. The molecule has 0 saturated carbocycles. The molecule has 0 saturated heterocycles. The molecule has 1 aromatic rings. The van der Waals surface area contributed by atoms with Crippen LogP contribution in [0.25, 0.3) is 0 Å². The van der Waals surface area contributed by atoms with Gasteiger partial charge >= 0.3 is 5.97 Å². The number of rotatable bonds is 9. The van der Waals surface area contributed by atoms with Crippen LogP contribution in [0.15, 0.2) is 29.8 Å². The first kappa shape index (κ1) is 22.1. The minimum atomic E-state index is -1.16. The molecule has 0 unspecified atom stereocenters. The van der Waals surface area contributed by atoms with E-state index < -0.39 is 28.2 Å². The Morgan fingerprint density at radius 1 is 1.30 bits per heavy atom. The Kier molecular flexibility index (Phi) is 6.36. The SMILES string of the molecule is CC1(C)Oc2cc(CCCCCCO[N+](=O)[O-])ccc2[C@@H]2C=C(C(=O)O)CC[C@]21O. The third kappa shape index (κ3) is 4.43. The van der Waals surface area contributed by atoms with E-state index in [1.165, 1.54) is 0 Å². The first-order valence-corrected chi connectivity index (χ1v) is 10.4. The van der Waals surface area contributed by atoms with Crippen molar-refractivity contribution in [1.82, 2.24) is 0 Å². The van der Waals surface area contributed by atoms with Gasteiger partial charge in [-0.2, -0.15) is 0 Å². The van der Waals surface area contributed by atoms with Gasteiger partial charge in [0.05, 0.1) is 6.61 Å². The van der Waals surface area contributed by atoms with Crippen molar-refractivity contribution in [2.75, 3.05) is 6.61 Å². The molecule has 0 spiro atoms. The van der Waals surface area contributed by atoms with Gasteiger partial charge in [0.1, 0.15) is 17.0 Å². The van der Waals surface area contributed by atoms with Gasteiger partial charge in [0.15, 0.2) is 0 Å². The molecular formula is C22H29NO7. The second-order valence-corrected chi connectivity index (χ2v) is 8.60. The summed E-state index contributed by atoms with van der Waals surface area (Å²) in [6, 6.07) is 5.91. The number of carbonyl (C=O) groups is 1. The standard InChI is InChI=1S/C22H29NO7/c1-21(2)22(26)11-10-16(20(24)25)14-18(22)17-9-8-15(13-19(17)30-21)7-5-3-4-6-12-29-23(27)28/h8-9,13-14,18,26H,3-7,10-12H2,1-2H3,(H,24,25)/t18-,22-/m0/s1. The van der Waals surface area contributed by atoms with Gasteiger partial charge in [-0.25, -0.2) is 4.79 Å². The zero-order chi connectivity index (χ0) is 21.9. The monoisotopic (exact) mass is 419 g/mol. The number of aliphatic carboxylic acids is 1. The predicted molar refractivity (Wildman–Crippen MR) is 109 cm³/mol. The molecule has 2 N–H and O–H groups in total. The molecule has 8 nitrogen and oxygen atoms in total. The number of unbranched alkanes of at least 4 members (excludes halogenated alkanes) is 3. The number of carboxylic acid groups (broad SMARTS) is 1. The Morgan fingerprint density at radius 3 is 2.73 bits per heavy atom. The normalized spacial score (nSPS) is 24.1. The Bertz CT molecular complexity index is 848. The Labute approximate surface area is 175 Å². The van der Waals surface area contributed by atoms with Crippen LogP contribution in [0.2, 0.25) is 0 Å². The van der Waals surface area contributed by atoms with Crippen LogP contribution in [-0.4, -0.2) is 39.1 Å². The van der Waals surface area contributed by atoms with Crippen LogP contribution in [0.3, 0.4) is 0 Å². The quantitative estimate of drug-likeness (QED) is 0.355. The molecule has 0 bridgehead atoms. The Balaban J connectivity index is 1.69. The van der Waals surface area contributed by atoms with E-state index in [1.54, 1.807) is 6.08 Å². The number of benzene rings is 1. The summed E-state index contributed by atoms with van der Waals surface area (Å²) < 4.78 is 6.20. The first-order chi connectivity index (χ1) is 14.1. The van der Waals surface area contributed by atoms with Crippen molar-refractivity contribution in [1.29, 1.82) is 0 Å². The molecule has 1 aliphatic carbocycles. The molecule has 30 heavy (non-hydrogen) atoms. The third-order valence-corrected chi connectivity index (χ3v) is 6.31. The highest BCUT2D eigenvalue weighted by Gasteiger charge is 2.56. The lowest BCUT2D eigenvalue weighted by molar-refractivity contribution is -0.757. The summed E-state index contributed by atoms with van der Waals surface area (Å²) in [6.45, 7) is 3.83. The molecule has 1 heterocycles. The molecule has 0 radical (unpaired) electrons. The lowest BCUT2D eigenvalue weighted by Crippen LogP contribution is -2.60. The van der Waals surface area contributed by atoms with Crippen LogP contribution >= 0.6 is 0 Å². The van der Waals surface area contributed by atoms with Crippen LogP contribution in [0.4, 0.5) is 0 Å². The number of hydrogen-bond acceptors (Lipinski definition) is 6. The number of nitrogens with zero attached hydrogens (tertiary/aromatic N) is 1. The largest absolute Gasteiger partial charge is 0.485 e. The molecule has 1 aromatic carbocycles. The van der Waals surface area contributed by atoms with Crippen molar-refractivity contribution in [2.24, 2.45) is 0 Å². The lowest BCUT2D eigenvalue weighted by Gasteiger charge is -2.52. The smallest absolute Gasteiger partial charge is 0.331 e. The van der Waals surface area contributed by atoms with E-state index in [0.717, 1.165) is 36.8 Å². The molecule has 1 aliphatic heterocycles. The molecule has 0 fully saturated rings. The van der Waals surface area contributed by atoms with E-state index >= 15 is 0 Å². The van der Waals surface area contributed by atoms with Crippen LogP contribution in [-0.2, 0) is 16.1 Å². The highest BCUT2D eigenvalue weighted by molar-refractivity contribution is 5.87. The molecule has 164 valence electrons. The van der Waals surface area contributed by atoms with Crippen LogP contribution < -0.4 is 4.74 Å². The van der Waals surface area contributed by atoms with Gasteiger partial charge in [0.2, 0.25) is 0 Å². The highest BCUT2D eigenvalue weighted by Crippen LogP contribution is 2.53. The lowest BCUT2D eigenvalue weighted by atomic mass is 9.64. The minimum Gasteiger partial charge on any atom is -0.485 e. The number of fused-ring (bicyclic) bond motifs is 3.